The summed E-state index contributed by atoms with van der Waals surface area (Å²) in [6, 6.07) is 8.44. The second-order valence-electron chi connectivity index (χ2n) is 3.94. The lowest BCUT2D eigenvalue weighted by Gasteiger charge is -2.23. The second-order valence-corrected chi connectivity index (χ2v) is 4.79. The van der Waals surface area contributed by atoms with Gasteiger partial charge in [-0.3, -0.25) is 0 Å². The Morgan fingerprint density at radius 1 is 1.20 bits per heavy atom. The van der Waals surface area contributed by atoms with E-state index >= 15 is 0 Å². The summed E-state index contributed by atoms with van der Waals surface area (Å²) >= 11 is 3.52. The van der Waals surface area contributed by atoms with Crippen LogP contribution >= 0.6 is 15.9 Å². The van der Waals surface area contributed by atoms with Gasteiger partial charge in [0.1, 0.15) is 0 Å². The quantitative estimate of drug-likeness (QED) is 0.883. The van der Waals surface area contributed by atoms with Crippen LogP contribution in [0.5, 0.6) is 0 Å². The highest BCUT2D eigenvalue weighted by atomic mass is 79.9. The Hall–Kier alpha value is -0.380. The van der Waals surface area contributed by atoms with Crippen molar-refractivity contribution in [3.8, 4) is 0 Å². The molecule has 0 bridgehead atoms. The Labute approximate surface area is 99.8 Å². The molecule has 1 aromatic carbocycles. The lowest BCUT2D eigenvalue weighted by Crippen LogP contribution is -2.37. The molecule has 1 rings (SSSR count). The van der Waals surface area contributed by atoms with Crippen LogP contribution in [0.2, 0.25) is 0 Å². The van der Waals surface area contributed by atoms with Gasteiger partial charge in [0.05, 0.1) is 6.10 Å². The molecule has 0 fully saturated rings. The van der Waals surface area contributed by atoms with E-state index in [9.17, 15) is 5.11 Å². The van der Waals surface area contributed by atoms with Crippen LogP contribution in [-0.2, 0) is 0 Å². The third-order valence-corrected chi connectivity index (χ3v) is 3.33. The maximum atomic E-state index is 9.41. The minimum absolute atomic E-state index is 0.0899. The number of aliphatic hydroxyl groups is 1. The van der Waals surface area contributed by atoms with Crippen LogP contribution in [0.3, 0.4) is 0 Å². The number of hydrogen-bond acceptors (Lipinski definition) is 2. The fourth-order valence-corrected chi connectivity index (χ4v) is 2.08. The first-order valence-electron chi connectivity index (χ1n) is 5.21. The standard InChI is InChI=1S/C12H18BrNO/c1-8(10(3)15)14-9(2)11-6-4-5-7-12(11)13/h4-10,14-15H,1-3H3/t8?,9-,10?/m1/s1. The van der Waals surface area contributed by atoms with Gasteiger partial charge in [-0.05, 0) is 32.4 Å². The van der Waals surface area contributed by atoms with Gasteiger partial charge < -0.3 is 10.4 Å². The van der Waals surface area contributed by atoms with Crippen LogP contribution in [0.1, 0.15) is 32.4 Å². The number of nitrogens with one attached hydrogen (secondary N) is 1. The van der Waals surface area contributed by atoms with E-state index in [1.54, 1.807) is 6.92 Å². The van der Waals surface area contributed by atoms with Crippen molar-refractivity contribution in [2.75, 3.05) is 0 Å². The molecule has 84 valence electrons. The molecule has 0 aliphatic carbocycles. The van der Waals surface area contributed by atoms with Gasteiger partial charge in [-0.2, -0.15) is 0 Å². The SMILES string of the molecule is CC(O)C(C)N[C@H](C)c1ccccc1Br. The van der Waals surface area contributed by atoms with Gasteiger partial charge in [0, 0.05) is 16.6 Å². The van der Waals surface area contributed by atoms with E-state index in [1.165, 1.54) is 5.56 Å². The van der Waals surface area contributed by atoms with Crippen LogP contribution in [-0.4, -0.2) is 17.3 Å². The zero-order chi connectivity index (χ0) is 11.4. The predicted octanol–water partition coefficient (Wildman–Crippen LogP) is 2.87. The summed E-state index contributed by atoms with van der Waals surface area (Å²) in [6.45, 7) is 5.88. The third-order valence-electron chi connectivity index (χ3n) is 2.61. The zero-order valence-corrected chi connectivity index (χ0v) is 11.0. The minimum Gasteiger partial charge on any atom is -0.392 e. The Bertz CT molecular complexity index is 314. The topological polar surface area (TPSA) is 32.3 Å². The zero-order valence-electron chi connectivity index (χ0n) is 9.37. The van der Waals surface area contributed by atoms with E-state index < -0.39 is 0 Å². The molecule has 1 aromatic rings. The van der Waals surface area contributed by atoms with E-state index in [4.69, 9.17) is 0 Å². The largest absolute Gasteiger partial charge is 0.392 e. The van der Waals surface area contributed by atoms with E-state index in [0.29, 0.717) is 0 Å². The highest BCUT2D eigenvalue weighted by molar-refractivity contribution is 9.10. The van der Waals surface area contributed by atoms with E-state index in [-0.39, 0.29) is 18.2 Å². The number of hydrogen-bond donors (Lipinski definition) is 2. The fraction of sp³-hybridized carbons (Fsp3) is 0.500. The highest BCUT2D eigenvalue weighted by Crippen LogP contribution is 2.23. The maximum Gasteiger partial charge on any atom is 0.0662 e. The van der Waals surface area contributed by atoms with Crippen LogP contribution in [0.15, 0.2) is 28.7 Å². The Morgan fingerprint density at radius 2 is 1.80 bits per heavy atom. The molecular weight excluding hydrogens is 254 g/mol. The van der Waals surface area contributed by atoms with Gasteiger partial charge in [0.15, 0.2) is 0 Å². The molecule has 0 radical (unpaired) electrons. The molecule has 2 nitrogen and oxygen atoms in total. The molecule has 0 aliphatic heterocycles. The molecule has 0 aliphatic rings. The molecule has 0 spiro atoms. The van der Waals surface area contributed by atoms with E-state index in [1.807, 2.05) is 25.1 Å². The molecule has 2 unspecified atom stereocenters. The summed E-state index contributed by atoms with van der Waals surface area (Å²) in [4.78, 5) is 0. The molecule has 0 saturated carbocycles. The average molecular weight is 272 g/mol. The first-order valence-corrected chi connectivity index (χ1v) is 6.00. The number of halogens is 1. The molecule has 0 amide bonds. The monoisotopic (exact) mass is 271 g/mol. The second kappa shape index (κ2) is 5.64. The number of aliphatic hydroxyl groups excluding tert-OH is 1. The van der Waals surface area contributed by atoms with Crippen LogP contribution in [0.4, 0.5) is 0 Å². The predicted molar refractivity (Wildman–Crippen MR) is 66.8 cm³/mol. The van der Waals surface area contributed by atoms with Crippen molar-refractivity contribution in [3.05, 3.63) is 34.3 Å². The first kappa shape index (κ1) is 12.7. The van der Waals surface area contributed by atoms with Crippen molar-refractivity contribution in [2.24, 2.45) is 0 Å². The summed E-state index contributed by atoms with van der Waals surface area (Å²) in [5.74, 6) is 0. The summed E-state index contributed by atoms with van der Waals surface area (Å²) < 4.78 is 1.10. The van der Waals surface area contributed by atoms with Gasteiger partial charge >= 0.3 is 0 Å². The summed E-state index contributed by atoms with van der Waals surface area (Å²) in [6.07, 6.45) is -0.338. The van der Waals surface area contributed by atoms with Gasteiger partial charge in [0.2, 0.25) is 0 Å². The van der Waals surface area contributed by atoms with Crippen LogP contribution < -0.4 is 5.32 Å². The Morgan fingerprint density at radius 3 is 2.33 bits per heavy atom. The lowest BCUT2D eigenvalue weighted by molar-refractivity contribution is 0.147. The van der Waals surface area contributed by atoms with Crippen molar-refractivity contribution in [1.82, 2.24) is 5.32 Å². The van der Waals surface area contributed by atoms with E-state index in [2.05, 4.69) is 34.2 Å². The normalized spacial score (nSPS) is 17.1. The third kappa shape index (κ3) is 3.59. The summed E-state index contributed by atoms with van der Waals surface area (Å²) in [5.41, 5.74) is 1.21. The van der Waals surface area contributed by atoms with Gasteiger partial charge in [-0.15, -0.1) is 0 Å². The molecule has 0 heterocycles. The molecular formula is C12H18BrNO. The Balaban J connectivity index is 2.69. The van der Waals surface area contributed by atoms with Gasteiger partial charge in [-0.25, -0.2) is 0 Å². The Kier molecular flexibility index (Phi) is 4.77. The average Bonchev–Trinajstić information content (AvgIpc) is 2.18. The van der Waals surface area contributed by atoms with Crippen molar-refractivity contribution >= 4 is 15.9 Å². The number of benzene rings is 1. The van der Waals surface area contributed by atoms with Crippen molar-refractivity contribution in [3.63, 3.8) is 0 Å². The molecule has 15 heavy (non-hydrogen) atoms. The summed E-state index contributed by atoms with van der Waals surface area (Å²) in [5, 5.41) is 12.8. The molecule has 0 aromatic heterocycles. The fourth-order valence-electron chi connectivity index (χ4n) is 1.45. The highest BCUT2D eigenvalue weighted by Gasteiger charge is 2.14. The number of rotatable bonds is 4. The lowest BCUT2D eigenvalue weighted by atomic mass is 10.1. The van der Waals surface area contributed by atoms with Gasteiger partial charge in [-0.1, -0.05) is 34.1 Å². The van der Waals surface area contributed by atoms with Crippen LogP contribution in [0, 0.1) is 0 Å². The van der Waals surface area contributed by atoms with E-state index in [0.717, 1.165) is 4.47 Å². The molecule has 0 saturated heterocycles. The van der Waals surface area contributed by atoms with Gasteiger partial charge in [0.25, 0.3) is 0 Å². The smallest absolute Gasteiger partial charge is 0.0662 e. The van der Waals surface area contributed by atoms with Crippen molar-refractivity contribution < 1.29 is 5.11 Å². The molecule has 3 heteroatoms. The van der Waals surface area contributed by atoms with Crippen LogP contribution in [0.25, 0.3) is 0 Å². The minimum atomic E-state index is -0.338. The van der Waals surface area contributed by atoms with Crippen molar-refractivity contribution in [1.29, 1.82) is 0 Å². The molecule has 2 N–H and O–H groups in total. The van der Waals surface area contributed by atoms with Crippen molar-refractivity contribution in [2.45, 2.75) is 39.0 Å². The first-order chi connectivity index (χ1) is 7.02. The molecule has 3 atom stereocenters. The maximum absolute atomic E-state index is 9.41. The summed E-state index contributed by atoms with van der Waals surface area (Å²) in [7, 11) is 0.